The Morgan fingerprint density at radius 1 is 1.19 bits per heavy atom. The summed E-state index contributed by atoms with van der Waals surface area (Å²) in [7, 11) is -1.86. The molecule has 1 unspecified atom stereocenters. The smallest absolute Gasteiger partial charge is 0.237 e. The van der Waals surface area contributed by atoms with Crippen molar-refractivity contribution < 1.29 is 17.9 Å². The van der Waals surface area contributed by atoms with Crippen LogP contribution in [0.5, 0.6) is 5.75 Å². The molecule has 1 fully saturated rings. The van der Waals surface area contributed by atoms with Gasteiger partial charge in [0.05, 0.1) is 19.4 Å². The molecule has 1 aromatic carbocycles. The number of carbonyl (C=O) groups excluding carboxylic acids is 1. The lowest BCUT2D eigenvalue weighted by molar-refractivity contribution is -0.121. The third kappa shape index (κ3) is 6.38. The van der Waals surface area contributed by atoms with E-state index in [2.05, 4.69) is 20.3 Å². The second-order valence-electron chi connectivity index (χ2n) is 8.76. The minimum atomic E-state index is -3.48. The summed E-state index contributed by atoms with van der Waals surface area (Å²) in [6.45, 7) is 3.42. The van der Waals surface area contributed by atoms with Crippen molar-refractivity contribution in [3.63, 3.8) is 0 Å². The van der Waals surface area contributed by atoms with Crippen LogP contribution in [-0.4, -0.2) is 83.7 Å². The van der Waals surface area contributed by atoms with E-state index in [4.69, 9.17) is 4.74 Å². The molecule has 192 valence electrons. The number of aromatic nitrogens is 4. The van der Waals surface area contributed by atoms with E-state index in [1.165, 1.54) is 10.6 Å². The van der Waals surface area contributed by atoms with Gasteiger partial charge in [-0.05, 0) is 31.0 Å². The molecule has 3 heterocycles. The number of carbonyl (C=O) groups is 1. The van der Waals surface area contributed by atoms with Crippen molar-refractivity contribution in [2.24, 2.45) is 0 Å². The Morgan fingerprint density at radius 3 is 2.64 bits per heavy atom. The van der Waals surface area contributed by atoms with Crippen molar-refractivity contribution in [2.75, 3.05) is 44.4 Å². The Hall–Kier alpha value is -3.51. The summed E-state index contributed by atoms with van der Waals surface area (Å²) in [6, 6.07) is 9.02. The van der Waals surface area contributed by atoms with Crippen molar-refractivity contribution in [3.8, 4) is 11.7 Å². The number of ether oxygens (including phenoxy) is 1. The maximum absolute atomic E-state index is 12.8. The van der Waals surface area contributed by atoms with Crippen LogP contribution in [0.4, 0.5) is 5.82 Å². The maximum atomic E-state index is 12.8. The number of sulfonamides is 1. The summed E-state index contributed by atoms with van der Waals surface area (Å²) >= 11 is 0. The molecule has 1 aliphatic rings. The molecule has 0 aliphatic carbocycles. The number of piperazine rings is 1. The van der Waals surface area contributed by atoms with E-state index in [9.17, 15) is 13.2 Å². The van der Waals surface area contributed by atoms with Crippen molar-refractivity contribution in [1.29, 1.82) is 0 Å². The van der Waals surface area contributed by atoms with Gasteiger partial charge in [0.2, 0.25) is 21.9 Å². The average Bonchev–Trinajstić information content (AvgIpc) is 3.38. The number of rotatable bonds is 9. The van der Waals surface area contributed by atoms with Crippen LogP contribution in [0.1, 0.15) is 17.7 Å². The van der Waals surface area contributed by atoms with E-state index >= 15 is 0 Å². The van der Waals surface area contributed by atoms with Gasteiger partial charge in [0.15, 0.2) is 0 Å². The van der Waals surface area contributed by atoms with E-state index in [1.54, 1.807) is 30.4 Å². The quantitative estimate of drug-likeness (QED) is 0.453. The second-order valence-corrected chi connectivity index (χ2v) is 10.7. The number of imidazole rings is 1. The van der Waals surface area contributed by atoms with E-state index in [0.717, 1.165) is 17.0 Å². The van der Waals surface area contributed by atoms with Crippen molar-refractivity contribution in [1.82, 2.24) is 29.1 Å². The fourth-order valence-electron chi connectivity index (χ4n) is 4.27. The van der Waals surface area contributed by atoms with Gasteiger partial charge in [0.1, 0.15) is 17.9 Å². The first-order valence-corrected chi connectivity index (χ1v) is 13.5. The average molecular weight is 514 g/mol. The van der Waals surface area contributed by atoms with Gasteiger partial charge in [-0.25, -0.2) is 18.4 Å². The van der Waals surface area contributed by atoms with Gasteiger partial charge in [-0.15, -0.1) is 0 Å². The van der Waals surface area contributed by atoms with Crippen molar-refractivity contribution in [3.05, 3.63) is 60.3 Å². The van der Waals surface area contributed by atoms with Crippen molar-refractivity contribution >= 4 is 21.7 Å². The third-order valence-electron chi connectivity index (χ3n) is 6.06. The fourth-order valence-corrected chi connectivity index (χ4v) is 5.36. The predicted molar refractivity (Wildman–Crippen MR) is 136 cm³/mol. The monoisotopic (exact) mass is 513 g/mol. The molecule has 0 radical (unpaired) electrons. The predicted octanol–water partition coefficient (Wildman–Crippen LogP) is 1.18. The molecule has 12 heteroatoms. The molecule has 0 saturated carbocycles. The zero-order chi connectivity index (χ0) is 25.7. The summed E-state index contributed by atoms with van der Waals surface area (Å²) in [5, 5.41) is 2.92. The first kappa shape index (κ1) is 25.6. The van der Waals surface area contributed by atoms with Crippen LogP contribution >= 0.6 is 0 Å². The van der Waals surface area contributed by atoms with E-state index in [0.29, 0.717) is 37.8 Å². The Labute approximate surface area is 211 Å². The third-order valence-corrected chi connectivity index (χ3v) is 7.39. The first-order valence-electron chi connectivity index (χ1n) is 11.7. The van der Waals surface area contributed by atoms with Gasteiger partial charge >= 0.3 is 0 Å². The van der Waals surface area contributed by atoms with Crippen LogP contribution in [0.15, 0.2) is 49.1 Å². The minimum absolute atomic E-state index is 0.0601. The van der Waals surface area contributed by atoms with Crippen LogP contribution < -0.4 is 15.0 Å². The number of amides is 1. The summed E-state index contributed by atoms with van der Waals surface area (Å²) in [5.41, 5.74) is 1.85. The summed E-state index contributed by atoms with van der Waals surface area (Å²) in [4.78, 5) is 28.0. The molecule has 4 rings (SSSR count). The highest BCUT2D eigenvalue weighted by Crippen LogP contribution is 2.22. The molecule has 1 N–H and O–H groups in total. The van der Waals surface area contributed by atoms with Crippen LogP contribution in [0, 0.1) is 6.92 Å². The topological polar surface area (TPSA) is 123 Å². The normalized spacial score (nSPS) is 16.6. The molecule has 1 amide bonds. The lowest BCUT2D eigenvalue weighted by Gasteiger charge is -2.40. The largest absolute Gasteiger partial charge is 0.497 e. The van der Waals surface area contributed by atoms with Crippen LogP contribution in [0.2, 0.25) is 0 Å². The molecule has 2 aromatic heterocycles. The molecule has 1 aliphatic heterocycles. The molecule has 0 bridgehead atoms. The fraction of sp³-hybridized carbons (Fsp3) is 0.417. The number of hydrogen-bond acceptors (Lipinski definition) is 8. The highest BCUT2D eigenvalue weighted by molar-refractivity contribution is 7.88. The van der Waals surface area contributed by atoms with Crippen LogP contribution in [0.3, 0.4) is 0 Å². The number of benzene rings is 1. The SMILES string of the molecule is COc1ccc(CCNC(=O)CC2CN(c3cc(C)nc(-n4ccnc4)n3)CCN2S(C)(=O)=O)cc1. The molecule has 0 spiro atoms. The summed E-state index contributed by atoms with van der Waals surface area (Å²) < 4.78 is 33.2. The lowest BCUT2D eigenvalue weighted by Crippen LogP contribution is -2.56. The molecule has 3 aromatic rings. The Bertz CT molecular complexity index is 1280. The minimum Gasteiger partial charge on any atom is -0.497 e. The van der Waals surface area contributed by atoms with Crippen LogP contribution in [-0.2, 0) is 21.2 Å². The number of methoxy groups -OCH3 is 1. The van der Waals surface area contributed by atoms with Crippen molar-refractivity contribution in [2.45, 2.75) is 25.8 Å². The molecule has 36 heavy (non-hydrogen) atoms. The summed E-state index contributed by atoms with van der Waals surface area (Å²) in [6.07, 6.45) is 6.95. The Balaban J connectivity index is 1.42. The highest BCUT2D eigenvalue weighted by Gasteiger charge is 2.34. The molecule has 1 saturated heterocycles. The first-order chi connectivity index (χ1) is 17.2. The zero-order valence-corrected chi connectivity index (χ0v) is 21.5. The molecule has 1 atom stereocenters. The van der Waals surface area contributed by atoms with Gasteiger partial charge in [-0.2, -0.15) is 9.29 Å². The summed E-state index contributed by atoms with van der Waals surface area (Å²) in [5.74, 6) is 1.76. The number of aryl methyl sites for hydroxylation is 1. The van der Waals surface area contributed by atoms with Gasteiger partial charge < -0.3 is 15.0 Å². The van der Waals surface area contributed by atoms with E-state index < -0.39 is 16.1 Å². The number of nitrogens with one attached hydrogen (secondary N) is 1. The molecule has 11 nitrogen and oxygen atoms in total. The molecular weight excluding hydrogens is 482 g/mol. The number of anilines is 1. The lowest BCUT2D eigenvalue weighted by atomic mass is 10.1. The molecular formula is C24H31N7O4S. The second kappa shape index (κ2) is 11.0. The Morgan fingerprint density at radius 2 is 1.97 bits per heavy atom. The zero-order valence-electron chi connectivity index (χ0n) is 20.7. The van der Waals surface area contributed by atoms with E-state index in [-0.39, 0.29) is 18.9 Å². The highest BCUT2D eigenvalue weighted by atomic mass is 32.2. The van der Waals surface area contributed by atoms with Gasteiger partial charge in [-0.3, -0.25) is 9.36 Å². The number of hydrogen-bond donors (Lipinski definition) is 1. The van der Waals surface area contributed by atoms with Gasteiger partial charge in [-0.1, -0.05) is 12.1 Å². The maximum Gasteiger partial charge on any atom is 0.237 e. The van der Waals surface area contributed by atoms with Crippen LogP contribution in [0.25, 0.3) is 5.95 Å². The standard InChI is InChI=1S/C24H31N7O4S/c1-18-14-22(28-24(27-18)30-11-10-25-17-30)29-12-13-31(36(3,33)34)20(16-29)15-23(32)26-9-8-19-4-6-21(35-2)7-5-19/h4-7,10-11,14,17,20H,8-9,12-13,15-16H2,1-3H3,(H,26,32). The van der Waals surface area contributed by atoms with Gasteiger partial charge in [0, 0.05) is 56.8 Å². The van der Waals surface area contributed by atoms with Gasteiger partial charge in [0.25, 0.3) is 0 Å². The number of nitrogens with zero attached hydrogens (tertiary/aromatic N) is 6. The van der Waals surface area contributed by atoms with E-state index in [1.807, 2.05) is 42.2 Å². The Kier molecular flexibility index (Phi) is 7.85.